The number of hydrogen-bond donors (Lipinski definition) is 0. The molecule has 2 aliphatic rings. The van der Waals surface area contributed by atoms with E-state index in [-0.39, 0.29) is 5.41 Å². The van der Waals surface area contributed by atoms with Crippen molar-refractivity contribution in [1.29, 1.82) is 0 Å². The lowest BCUT2D eigenvalue weighted by atomic mass is 9.68. The van der Waals surface area contributed by atoms with Gasteiger partial charge in [0.25, 0.3) is 0 Å². The molecule has 0 unspecified atom stereocenters. The number of fused-ring (bicyclic) bond motifs is 4. The van der Waals surface area contributed by atoms with Crippen LogP contribution in [0.25, 0.3) is 0 Å². The first kappa shape index (κ1) is 19.1. The van der Waals surface area contributed by atoms with E-state index in [1.165, 1.54) is 35.7 Å². The topological polar surface area (TPSA) is 3.24 Å². The molecule has 1 spiro atoms. The van der Waals surface area contributed by atoms with Gasteiger partial charge in [0, 0.05) is 15.2 Å². The number of nitrogens with zero attached hydrogens (tertiary/aromatic N) is 1. The van der Waals surface area contributed by atoms with Gasteiger partial charge in [-0.15, -0.1) is 0 Å². The molecule has 1 fully saturated rings. The molecule has 0 radical (unpaired) electrons. The van der Waals surface area contributed by atoms with Gasteiger partial charge in [-0.25, -0.2) is 0 Å². The number of benzene rings is 2. The summed E-state index contributed by atoms with van der Waals surface area (Å²) in [6, 6.07) is 18.0. The van der Waals surface area contributed by atoms with E-state index in [1.54, 1.807) is 11.1 Å². The Morgan fingerprint density at radius 3 is 1.62 bits per heavy atom. The molecule has 0 N–H and O–H groups in total. The monoisotopic (exact) mass is 341 g/mol. The average Bonchev–Trinajstić information content (AvgIpc) is 2.67. The van der Waals surface area contributed by atoms with Gasteiger partial charge in [0.05, 0.1) is 0 Å². The van der Waals surface area contributed by atoms with E-state index >= 15 is 0 Å². The molecule has 2 aromatic carbocycles. The van der Waals surface area contributed by atoms with E-state index in [0.717, 1.165) is 0 Å². The van der Waals surface area contributed by atoms with Crippen LogP contribution in [0.3, 0.4) is 0 Å². The summed E-state index contributed by atoms with van der Waals surface area (Å²) >= 11 is 1.94. The number of likely N-dealkylation sites (tertiary alicyclic amines) is 1. The molecule has 0 aliphatic carbocycles. The Labute approximate surface area is 152 Å². The van der Waals surface area contributed by atoms with Crippen molar-refractivity contribution in [2.24, 2.45) is 0 Å². The second-order valence-corrected chi connectivity index (χ2v) is 7.06. The van der Waals surface area contributed by atoms with Crippen molar-refractivity contribution < 1.29 is 0 Å². The minimum atomic E-state index is 0.241. The van der Waals surface area contributed by atoms with Crippen molar-refractivity contribution in [2.75, 3.05) is 20.1 Å². The Morgan fingerprint density at radius 1 is 0.750 bits per heavy atom. The highest BCUT2D eigenvalue weighted by Crippen LogP contribution is 2.53. The molecule has 0 aromatic heterocycles. The van der Waals surface area contributed by atoms with E-state index in [2.05, 4.69) is 60.5 Å². The molecule has 2 aliphatic heterocycles. The Morgan fingerprint density at radius 2 is 1.17 bits per heavy atom. The molecular weight excluding hydrogens is 310 g/mol. The molecule has 2 heteroatoms. The van der Waals surface area contributed by atoms with Gasteiger partial charge >= 0.3 is 0 Å². The van der Waals surface area contributed by atoms with Gasteiger partial charge in [0.15, 0.2) is 0 Å². The molecule has 1 saturated heterocycles. The van der Waals surface area contributed by atoms with Crippen LogP contribution in [0.2, 0.25) is 0 Å². The zero-order chi connectivity index (χ0) is 17.6. The van der Waals surface area contributed by atoms with Gasteiger partial charge in [-0.05, 0) is 56.2 Å². The molecule has 24 heavy (non-hydrogen) atoms. The van der Waals surface area contributed by atoms with Crippen LogP contribution in [-0.4, -0.2) is 25.0 Å². The van der Waals surface area contributed by atoms with Crippen molar-refractivity contribution in [3.05, 3.63) is 59.7 Å². The second kappa shape index (κ2) is 8.73. The van der Waals surface area contributed by atoms with Gasteiger partial charge in [0.1, 0.15) is 0 Å². The highest BCUT2D eigenvalue weighted by atomic mass is 32.2. The summed E-state index contributed by atoms with van der Waals surface area (Å²) in [5, 5.41) is 0. The molecule has 130 valence electrons. The zero-order valence-electron chi connectivity index (χ0n) is 15.8. The summed E-state index contributed by atoms with van der Waals surface area (Å²) < 4.78 is 0. The van der Waals surface area contributed by atoms with Crippen LogP contribution in [0, 0.1) is 0 Å². The number of hydrogen-bond acceptors (Lipinski definition) is 2. The molecule has 0 atom stereocenters. The number of rotatable bonds is 0. The molecule has 0 amide bonds. The van der Waals surface area contributed by atoms with E-state index in [1.807, 2.05) is 39.5 Å². The van der Waals surface area contributed by atoms with Crippen molar-refractivity contribution in [1.82, 2.24) is 4.90 Å². The lowest BCUT2D eigenvalue weighted by Crippen LogP contribution is -2.43. The molecular formula is C22H31NS. The Bertz CT molecular complexity index is 594. The van der Waals surface area contributed by atoms with E-state index < -0.39 is 0 Å². The summed E-state index contributed by atoms with van der Waals surface area (Å²) in [5.41, 5.74) is 3.35. The first-order valence-corrected chi connectivity index (χ1v) is 10.2. The normalized spacial score (nSPS) is 17.5. The van der Waals surface area contributed by atoms with Crippen molar-refractivity contribution in [3.63, 3.8) is 0 Å². The molecule has 1 nitrogen and oxygen atoms in total. The van der Waals surface area contributed by atoms with Crippen molar-refractivity contribution in [2.45, 2.75) is 55.7 Å². The van der Waals surface area contributed by atoms with Crippen LogP contribution in [0.15, 0.2) is 58.3 Å². The summed E-state index contributed by atoms with van der Waals surface area (Å²) in [5.74, 6) is 0. The summed E-state index contributed by atoms with van der Waals surface area (Å²) in [7, 11) is 2.24. The van der Waals surface area contributed by atoms with Crippen LogP contribution in [0.1, 0.15) is 51.7 Å². The van der Waals surface area contributed by atoms with Crippen molar-refractivity contribution >= 4 is 11.8 Å². The minimum Gasteiger partial charge on any atom is -0.306 e. The maximum absolute atomic E-state index is 2.46. The van der Waals surface area contributed by atoms with Crippen LogP contribution >= 0.6 is 11.8 Å². The summed E-state index contributed by atoms with van der Waals surface area (Å²) in [6.45, 7) is 10.4. The van der Waals surface area contributed by atoms with Crippen LogP contribution < -0.4 is 0 Å². The third kappa shape index (κ3) is 3.41. The van der Waals surface area contributed by atoms with Gasteiger partial charge in [-0.1, -0.05) is 75.9 Å². The first-order valence-electron chi connectivity index (χ1n) is 9.35. The van der Waals surface area contributed by atoms with Gasteiger partial charge in [-0.2, -0.15) is 0 Å². The molecule has 0 saturated carbocycles. The largest absolute Gasteiger partial charge is 0.306 e. The predicted molar refractivity (Wildman–Crippen MR) is 107 cm³/mol. The summed E-state index contributed by atoms with van der Waals surface area (Å²) in [6.07, 6.45) is 2.47. The maximum atomic E-state index is 2.46. The van der Waals surface area contributed by atoms with E-state index in [0.29, 0.717) is 0 Å². The van der Waals surface area contributed by atoms with Gasteiger partial charge in [-0.3, -0.25) is 0 Å². The highest BCUT2D eigenvalue weighted by molar-refractivity contribution is 7.99. The van der Waals surface area contributed by atoms with E-state index in [4.69, 9.17) is 0 Å². The molecule has 2 heterocycles. The Kier molecular flexibility index (Phi) is 6.94. The zero-order valence-corrected chi connectivity index (χ0v) is 16.6. The third-order valence-corrected chi connectivity index (χ3v) is 6.02. The fourth-order valence-electron chi connectivity index (χ4n) is 3.70. The van der Waals surface area contributed by atoms with Crippen LogP contribution in [0.4, 0.5) is 0 Å². The second-order valence-electron chi connectivity index (χ2n) is 5.98. The molecule has 2 aromatic rings. The van der Waals surface area contributed by atoms with E-state index in [9.17, 15) is 0 Å². The first-order chi connectivity index (χ1) is 11.8. The fourth-order valence-corrected chi connectivity index (χ4v) is 4.98. The average molecular weight is 342 g/mol. The SMILES string of the molecule is CC.CC.CN1CCC2(CC1)c1ccccc1Sc1ccccc12. The minimum absolute atomic E-state index is 0.241. The van der Waals surface area contributed by atoms with Crippen LogP contribution in [0.5, 0.6) is 0 Å². The third-order valence-electron chi connectivity index (χ3n) is 4.87. The van der Waals surface area contributed by atoms with Gasteiger partial charge < -0.3 is 4.90 Å². The Balaban J connectivity index is 0.000000487. The predicted octanol–water partition coefficient (Wildman–Crippen LogP) is 6.22. The summed E-state index contributed by atoms with van der Waals surface area (Å²) in [4.78, 5) is 5.37. The molecule has 0 bridgehead atoms. The van der Waals surface area contributed by atoms with Gasteiger partial charge in [0.2, 0.25) is 0 Å². The van der Waals surface area contributed by atoms with Crippen LogP contribution in [-0.2, 0) is 5.41 Å². The quantitative estimate of drug-likeness (QED) is 0.560. The standard InChI is InChI=1S/C18H19NS.2C2H6/c1-19-12-10-18(11-13-19)14-6-2-4-8-16(14)20-17-9-5-3-7-15(17)18;2*1-2/h2-9H,10-13H2,1H3;2*1-2H3. The lowest BCUT2D eigenvalue weighted by molar-refractivity contribution is 0.208. The smallest absolute Gasteiger partial charge is 0.0249 e. The maximum Gasteiger partial charge on any atom is 0.0249 e. The Hall–Kier alpha value is -1.25. The highest BCUT2D eigenvalue weighted by Gasteiger charge is 2.42. The molecule has 4 rings (SSSR count). The number of piperidine rings is 1. The lowest BCUT2D eigenvalue weighted by Gasteiger charge is -2.45. The fraction of sp³-hybridized carbons (Fsp3) is 0.455. The van der Waals surface area contributed by atoms with Crippen molar-refractivity contribution in [3.8, 4) is 0 Å².